The highest BCUT2D eigenvalue weighted by Gasteiger charge is 2.15. The predicted octanol–water partition coefficient (Wildman–Crippen LogP) is 3.11. The first kappa shape index (κ1) is 19.1. The number of aromatic nitrogens is 2. The first-order valence-corrected chi connectivity index (χ1v) is 8.64. The summed E-state index contributed by atoms with van der Waals surface area (Å²) in [6.45, 7) is 0. The zero-order valence-corrected chi connectivity index (χ0v) is 15.3. The van der Waals surface area contributed by atoms with Gasteiger partial charge in [-0.2, -0.15) is 0 Å². The van der Waals surface area contributed by atoms with Crippen LogP contribution in [0.4, 0.5) is 0 Å². The van der Waals surface area contributed by atoms with E-state index in [2.05, 4.69) is 9.97 Å². The Bertz CT molecular complexity index is 930. The van der Waals surface area contributed by atoms with Gasteiger partial charge in [0.1, 0.15) is 0 Å². The summed E-state index contributed by atoms with van der Waals surface area (Å²) < 4.78 is 4.80. The van der Waals surface area contributed by atoms with E-state index in [-0.39, 0.29) is 24.4 Å². The number of rotatable bonds is 7. The van der Waals surface area contributed by atoms with Crippen LogP contribution in [-0.4, -0.2) is 34.6 Å². The molecule has 6 heteroatoms. The number of Topliss-reactive ketones (excluding diaryl/α,β-unsaturated/α-hetero) is 2. The molecular weight excluding hydrogens is 356 g/mol. The van der Waals surface area contributed by atoms with Gasteiger partial charge in [0.05, 0.1) is 12.7 Å². The molecule has 0 amide bonds. The van der Waals surface area contributed by atoms with Crippen molar-refractivity contribution in [1.29, 1.82) is 0 Å². The van der Waals surface area contributed by atoms with Crippen molar-refractivity contribution in [3.63, 3.8) is 0 Å². The molecule has 28 heavy (non-hydrogen) atoms. The van der Waals surface area contributed by atoms with Gasteiger partial charge >= 0.3 is 5.97 Å². The Morgan fingerprint density at radius 3 is 1.54 bits per heavy atom. The number of benzene rings is 1. The van der Waals surface area contributed by atoms with Crippen molar-refractivity contribution in [3.8, 4) is 0 Å². The largest absolute Gasteiger partial charge is 0.465 e. The molecule has 140 valence electrons. The van der Waals surface area contributed by atoms with Crippen LogP contribution in [-0.2, 0) is 17.6 Å². The Labute approximate surface area is 162 Å². The van der Waals surface area contributed by atoms with E-state index in [4.69, 9.17) is 4.74 Å². The second-order valence-electron chi connectivity index (χ2n) is 6.20. The van der Waals surface area contributed by atoms with Gasteiger partial charge in [-0.3, -0.25) is 19.6 Å². The van der Waals surface area contributed by atoms with Gasteiger partial charge in [0.2, 0.25) is 0 Å². The number of pyridine rings is 2. The number of ketones is 2. The Hall–Kier alpha value is -3.67. The Kier molecular flexibility index (Phi) is 6.01. The van der Waals surface area contributed by atoms with Crippen LogP contribution in [0.3, 0.4) is 0 Å². The zero-order valence-electron chi connectivity index (χ0n) is 15.3. The first-order valence-electron chi connectivity index (χ1n) is 8.64. The van der Waals surface area contributed by atoms with Crippen LogP contribution in [0.2, 0.25) is 0 Å². The molecule has 0 fully saturated rings. The van der Waals surface area contributed by atoms with Crippen molar-refractivity contribution < 1.29 is 19.1 Å². The van der Waals surface area contributed by atoms with E-state index >= 15 is 0 Å². The molecule has 3 rings (SSSR count). The van der Waals surface area contributed by atoms with Crippen LogP contribution in [0.1, 0.15) is 42.2 Å². The molecule has 0 aliphatic carbocycles. The van der Waals surface area contributed by atoms with Crippen molar-refractivity contribution in [2.24, 2.45) is 0 Å². The van der Waals surface area contributed by atoms with E-state index in [0.29, 0.717) is 27.8 Å². The van der Waals surface area contributed by atoms with Gasteiger partial charge in [-0.15, -0.1) is 0 Å². The van der Waals surface area contributed by atoms with E-state index in [1.807, 2.05) is 0 Å². The van der Waals surface area contributed by atoms with Crippen LogP contribution < -0.4 is 0 Å². The standard InChI is InChI=1S/C22H18N2O4/c1-28-22(27)19-11-15(13-20(25)17-2-6-23-7-3-17)10-16(12-19)14-21(26)18-4-8-24-9-5-18/h2-12H,13-14H2,1H3. The molecule has 0 saturated heterocycles. The third-order valence-corrected chi connectivity index (χ3v) is 4.21. The topological polar surface area (TPSA) is 86.2 Å². The van der Waals surface area contributed by atoms with E-state index in [0.717, 1.165) is 0 Å². The lowest BCUT2D eigenvalue weighted by molar-refractivity contribution is 0.0599. The number of hydrogen-bond donors (Lipinski definition) is 0. The Balaban J connectivity index is 1.87. The smallest absolute Gasteiger partial charge is 0.337 e. The minimum atomic E-state index is -0.518. The highest BCUT2D eigenvalue weighted by Crippen LogP contribution is 2.16. The lowest BCUT2D eigenvalue weighted by atomic mass is 9.96. The molecule has 0 atom stereocenters. The molecule has 0 saturated carbocycles. The van der Waals surface area contributed by atoms with Crippen molar-refractivity contribution in [2.45, 2.75) is 12.8 Å². The quantitative estimate of drug-likeness (QED) is 0.467. The number of esters is 1. The van der Waals surface area contributed by atoms with Crippen molar-refractivity contribution in [3.05, 3.63) is 95.1 Å². The first-order chi connectivity index (χ1) is 13.6. The number of methoxy groups -OCH3 is 1. The SMILES string of the molecule is COC(=O)c1cc(CC(=O)c2ccncc2)cc(CC(=O)c2ccncc2)c1. The monoisotopic (exact) mass is 374 g/mol. The molecule has 0 unspecified atom stereocenters. The molecule has 0 aliphatic rings. The van der Waals surface area contributed by atoms with Crippen molar-refractivity contribution >= 4 is 17.5 Å². The molecule has 3 aromatic rings. The minimum absolute atomic E-state index is 0.101. The number of hydrogen-bond acceptors (Lipinski definition) is 6. The minimum Gasteiger partial charge on any atom is -0.465 e. The maximum absolute atomic E-state index is 12.5. The van der Waals surface area contributed by atoms with Gasteiger partial charge < -0.3 is 4.74 Å². The molecule has 0 N–H and O–H groups in total. The van der Waals surface area contributed by atoms with Crippen LogP contribution >= 0.6 is 0 Å². The van der Waals surface area contributed by atoms with Gasteiger partial charge in [0.25, 0.3) is 0 Å². The van der Waals surface area contributed by atoms with Gasteiger partial charge in [0.15, 0.2) is 11.6 Å². The molecule has 0 bridgehead atoms. The molecule has 0 radical (unpaired) electrons. The maximum Gasteiger partial charge on any atom is 0.337 e. The summed E-state index contributed by atoms with van der Waals surface area (Å²) in [4.78, 5) is 44.8. The zero-order chi connectivity index (χ0) is 19.9. The summed E-state index contributed by atoms with van der Waals surface area (Å²) in [6, 6.07) is 11.6. The molecule has 2 aromatic heterocycles. The third kappa shape index (κ3) is 4.73. The summed E-state index contributed by atoms with van der Waals surface area (Å²) in [5.41, 5.74) is 2.66. The Morgan fingerprint density at radius 1 is 0.714 bits per heavy atom. The fourth-order valence-electron chi connectivity index (χ4n) is 2.85. The fraction of sp³-hybridized carbons (Fsp3) is 0.136. The second kappa shape index (κ2) is 8.81. The van der Waals surface area contributed by atoms with E-state index in [1.54, 1.807) is 67.3 Å². The van der Waals surface area contributed by atoms with Crippen molar-refractivity contribution in [2.75, 3.05) is 7.11 Å². The summed E-state index contributed by atoms with van der Waals surface area (Å²) >= 11 is 0. The van der Waals surface area contributed by atoms with Crippen LogP contribution in [0.25, 0.3) is 0 Å². The third-order valence-electron chi connectivity index (χ3n) is 4.21. The maximum atomic E-state index is 12.5. The normalized spacial score (nSPS) is 10.3. The van der Waals surface area contributed by atoms with Crippen LogP contribution in [0.5, 0.6) is 0 Å². The number of carbonyl (C=O) groups excluding carboxylic acids is 3. The fourth-order valence-corrected chi connectivity index (χ4v) is 2.85. The van der Waals surface area contributed by atoms with Crippen LogP contribution in [0, 0.1) is 0 Å². The highest BCUT2D eigenvalue weighted by molar-refractivity contribution is 5.99. The van der Waals surface area contributed by atoms with Gasteiger partial charge in [-0.1, -0.05) is 6.07 Å². The Morgan fingerprint density at radius 2 is 1.14 bits per heavy atom. The average Bonchev–Trinajstić information content (AvgIpc) is 2.74. The lowest BCUT2D eigenvalue weighted by Gasteiger charge is -2.09. The van der Waals surface area contributed by atoms with E-state index in [1.165, 1.54) is 7.11 Å². The van der Waals surface area contributed by atoms with Crippen molar-refractivity contribution in [1.82, 2.24) is 9.97 Å². The molecule has 6 nitrogen and oxygen atoms in total. The van der Waals surface area contributed by atoms with E-state index < -0.39 is 5.97 Å². The summed E-state index contributed by atoms with van der Waals surface area (Å²) in [7, 11) is 1.29. The van der Waals surface area contributed by atoms with E-state index in [9.17, 15) is 14.4 Å². The summed E-state index contributed by atoms with van der Waals surface area (Å²) in [5, 5.41) is 0. The van der Waals surface area contributed by atoms with Gasteiger partial charge in [-0.05, 0) is 47.5 Å². The van der Waals surface area contributed by atoms with Gasteiger partial charge in [-0.25, -0.2) is 4.79 Å². The number of carbonyl (C=O) groups is 3. The average molecular weight is 374 g/mol. The summed E-state index contributed by atoms with van der Waals surface area (Å²) in [5.74, 6) is -0.720. The van der Waals surface area contributed by atoms with Crippen LogP contribution in [0.15, 0.2) is 67.3 Å². The number of ether oxygens (including phenoxy) is 1. The van der Waals surface area contributed by atoms with Gasteiger partial charge in [0, 0.05) is 48.8 Å². The molecule has 2 heterocycles. The molecular formula is C22H18N2O4. The highest BCUT2D eigenvalue weighted by atomic mass is 16.5. The summed E-state index contributed by atoms with van der Waals surface area (Å²) in [6.07, 6.45) is 6.41. The molecule has 0 spiro atoms. The second-order valence-corrected chi connectivity index (χ2v) is 6.20. The predicted molar refractivity (Wildman–Crippen MR) is 102 cm³/mol. The lowest BCUT2D eigenvalue weighted by Crippen LogP contribution is -2.10. The molecule has 1 aromatic carbocycles. The molecule has 0 aliphatic heterocycles. The number of nitrogens with zero attached hydrogens (tertiary/aromatic N) is 2.